The number of hydrogen-bond donors (Lipinski definition) is 1. The highest BCUT2D eigenvalue weighted by molar-refractivity contribution is 7.17. The Balaban J connectivity index is 1.77. The van der Waals surface area contributed by atoms with E-state index in [1.807, 2.05) is 29.6 Å². The molecule has 0 aliphatic carbocycles. The van der Waals surface area contributed by atoms with Crippen LogP contribution in [0.1, 0.15) is 5.56 Å². The number of rotatable bonds is 4. The maximum absolute atomic E-state index is 13.0. The van der Waals surface area contributed by atoms with E-state index in [1.165, 1.54) is 23.7 Å². The Labute approximate surface area is 162 Å². The summed E-state index contributed by atoms with van der Waals surface area (Å²) >= 11 is 1.45. The number of hydrogen-bond acceptors (Lipinski definition) is 5. The van der Waals surface area contributed by atoms with Crippen LogP contribution in [0.4, 0.5) is 24.7 Å². The quantitative estimate of drug-likeness (QED) is 0.447. The molecule has 4 rings (SSSR count). The highest BCUT2D eigenvalue weighted by Crippen LogP contribution is 2.38. The van der Waals surface area contributed by atoms with Crippen LogP contribution in [0, 0.1) is 0 Å². The summed E-state index contributed by atoms with van der Waals surface area (Å²) in [5, 5.41) is 5.73. The van der Waals surface area contributed by atoms with Gasteiger partial charge in [-0.05, 0) is 35.9 Å². The number of ether oxygens (including phenoxy) is 1. The van der Waals surface area contributed by atoms with Gasteiger partial charge in [-0.1, -0.05) is 18.2 Å². The Morgan fingerprint density at radius 2 is 1.82 bits per heavy atom. The summed E-state index contributed by atoms with van der Waals surface area (Å²) in [5.41, 5.74) is 1.43. The van der Waals surface area contributed by atoms with Crippen LogP contribution in [0.15, 0.2) is 60.2 Å². The zero-order valence-electron chi connectivity index (χ0n) is 14.6. The van der Waals surface area contributed by atoms with Gasteiger partial charge in [0.05, 0.1) is 18.1 Å². The van der Waals surface area contributed by atoms with Crippen molar-refractivity contribution in [2.45, 2.75) is 6.18 Å². The van der Waals surface area contributed by atoms with Crippen molar-refractivity contribution in [3.05, 3.63) is 65.8 Å². The second-order valence-corrected chi connectivity index (χ2v) is 6.84. The fraction of sp³-hybridized carbons (Fsp3) is 0.100. The Hall–Kier alpha value is -3.13. The molecule has 4 aromatic rings. The summed E-state index contributed by atoms with van der Waals surface area (Å²) in [4.78, 5) is 9.29. The zero-order valence-corrected chi connectivity index (χ0v) is 15.4. The first-order chi connectivity index (χ1) is 13.5. The Morgan fingerprint density at radius 3 is 2.54 bits per heavy atom. The third-order valence-corrected chi connectivity index (χ3v) is 5.11. The zero-order chi connectivity index (χ0) is 19.7. The monoisotopic (exact) mass is 401 g/mol. The number of thiophene rings is 1. The molecule has 0 spiro atoms. The summed E-state index contributed by atoms with van der Waals surface area (Å²) in [5.74, 6) is 1.19. The van der Waals surface area contributed by atoms with Gasteiger partial charge in [0.2, 0.25) is 0 Å². The number of benzene rings is 2. The van der Waals surface area contributed by atoms with E-state index in [9.17, 15) is 13.2 Å². The predicted octanol–water partition coefficient (Wildman–Crippen LogP) is 6.13. The van der Waals surface area contributed by atoms with Gasteiger partial charge in [-0.25, -0.2) is 9.97 Å². The predicted molar refractivity (Wildman–Crippen MR) is 104 cm³/mol. The van der Waals surface area contributed by atoms with Crippen LogP contribution in [-0.4, -0.2) is 17.1 Å². The molecule has 8 heteroatoms. The lowest BCUT2D eigenvalue weighted by Gasteiger charge is -2.11. The lowest BCUT2D eigenvalue weighted by molar-refractivity contribution is -0.137. The molecule has 28 heavy (non-hydrogen) atoms. The molecule has 142 valence electrons. The van der Waals surface area contributed by atoms with Crippen molar-refractivity contribution in [2.24, 2.45) is 0 Å². The molecule has 1 N–H and O–H groups in total. The van der Waals surface area contributed by atoms with Crippen molar-refractivity contribution in [1.82, 2.24) is 9.97 Å². The van der Waals surface area contributed by atoms with Crippen LogP contribution >= 0.6 is 11.3 Å². The number of aromatic nitrogens is 2. The van der Waals surface area contributed by atoms with E-state index in [0.717, 1.165) is 39.2 Å². The molecular weight excluding hydrogens is 387 g/mol. The van der Waals surface area contributed by atoms with E-state index in [0.29, 0.717) is 11.5 Å². The van der Waals surface area contributed by atoms with Crippen molar-refractivity contribution in [2.75, 3.05) is 12.4 Å². The molecule has 0 saturated heterocycles. The molecule has 0 bridgehead atoms. The van der Waals surface area contributed by atoms with Crippen LogP contribution in [0.2, 0.25) is 0 Å². The smallest absolute Gasteiger partial charge is 0.416 e. The molecule has 2 aromatic heterocycles. The van der Waals surface area contributed by atoms with Gasteiger partial charge >= 0.3 is 6.18 Å². The molecular formula is C20H14F3N3OS. The summed E-state index contributed by atoms with van der Waals surface area (Å²) in [6.45, 7) is 0. The van der Waals surface area contributed by atoms with Gasteiger partial charge in [0, 0.05) is 16.6 Å². The van der Waals surface area contributed by atoms with Gasteiger partial charge in [-0.3, -0.25) is 0 Å². The van der Waals surface area contributed by atoms with Crippen molar-refractivity contribution < 1.29 is 17.9 Å². The van der Waals surface area contributed by atoms with E-state index in [4.69, 9.17) is 4.74 Å². The largest absolute Gasteiger partial charge is 0.497 e. The second-order valence-electron chi connectivity index (χ2n) is 5.98. The van der Waals surface area contributed by atoms with Gasteiger partial charge in [-0.2, -0.15) is 13.2 Å². The lowest BCUT2D eigenvalue weighted by Crippen LogP contribution is -2.05. The Bertz CT molecular complexity index is 1120. The summed E-state index contributed by atoms with van der Waals surface area (Å²) in [6, 6.07) is 12.6. The average Bonchev–Trinajstić information content (AvgIpc) is 3.13. The molecule has 2 heterocycles. The second kappa shape index (κ2) is 7.12. The number of fused-ring (bicyclic) bond motifs is 1. The molecule has 2 aromatic carbocycles. The van der Waals surface area contributed by atoms with Gasteiger partial charge in [0.1, 0.15) is 22.7 Å². The molecule has 0 aliphatic heterocycles. The standard InChI is InChI=1S/C20H14F3N3OS/c1-27-15-7-5-12(6-8-15)16-10-28-19-17(16)18(24-11-25-19)26-14-4-2-3-13(9-14)20(21,22)23/h2-11H,1H3,(H,24,25,26). The molecule has 0 aliphatic rings. The van der Waals surface area contributed by atoms with Gasteiger partial charge in [-0.15, -0.1) is 11.3 Å². The molecule has 0 radical (unpaired) electrons. The number of nitrogens with one attached hydrogen (secondary N) is 1. The Kier molecular flexibility index (Phi) is 4.64. The van der Waals surface area contributed by atoms with Crippen molar-refractivity contribution in [3.8, 4) is 16.9 Å². The summed E-state index contributed by atoms with van der Waals surface area (Å²) < 4.78 is 44.2. The molecule has 0 fully saturated rings. The maximum atomic E-state index is 13.0. The molecule has 0 unspecified atom stereocenters. The normalized spacial score (nSPS) is 11.6. The van der Waals surface area contributed by atoms with Crippen LogP contribution in [0.25, 0.3) is 21.3 Å². The lowest BCUT2D eigenvalue weighted by atomic mass is 10.1. The van der Waals surface area contributed by atoms with Crippen LogP contribution < -0.4 is 10.1 Å². The minimum absolute atomic E-state index is 0.307. The van der Waals surface area contributed by atoms with E-state index < -0.39 is 11.7 Å². The topological polar surface area (TPSA) is 47.0 Å². The van der Waals surface area contributed by atoms with Gasteiger partial charge in [0.15, 0.2) is 0 Å². The average molecular weight is 401 g/mol. The summed E-state index contributed by atoms with van der Waals surface area (Å²) in [7, 11) is 1.60. The number of nitrogens with zero attached hydrogens (tertiary/aromatic N) is 2. The number of anilines is 2. The number of methoxy groups -OCH3 is 1. The molecule has 0 amide bonds. The van der Waals surface area contributed by atoms with Gasteiger partial charge < -0.3 is 10.1 Å². The molecule has 4 nitrogen and oxygen atoms in total. The third-order valence-electron chi connectivity index (χ3n) is 4.22. The Morgan fingerprint density at radius 1 is 1.04 bits per heavy atom. The number of alkyl halides is 3. The molecule has 0 saturated carbocycles. The fourth-order valence-corrected chi connectivity index (χ4v) is 3.78. The molecule has 0 atom stereocenters. The van der Waals surface area contributed by atoms with E-state index >= 15 is 0 Å². The van der Waals surface area contributed by atoms with Crippen molar-refractivity contribution in [1.29, 1.82) is 0 Å². The van der Waals surface area contributed by atoms with Crippen molar-refractivity contribution >= 4 is 33.1 Å². The number of halogens is 3. The minimum Gasteiger partial charge on any atom is -0.497 e. The van der Waals surface area contributed by atoms with Crippen LogP contribution in [0.5, 0.6) is 5.75 Å². The fourth-order valence-electron chi connectivity index (χ4n) is 2.86. The summed E-state index contributed by atoms with van der Waals surface area (Å²) in [6.07, 6.45) is -3.01. The first-order valence-electron chi connectivity index (χ1n) is 8.26. The first-order valence-corrected chi connectivity index (χ1v) is 9.14. The SMILES string of the molecule is COc1ccc(-c2csc3ncnc(Nc4cccc(C(F)(F)F)c4)c23)cc1. The first kappa shape index (κ1) is 18.2. The van der Waals surface area contributed by atoms with Gasteiger partial charge in [0.25, 0.3) is 0 Å². The third kappa shape index (κ3) is 3.50. The minimum atomic E-state index is -4.41. The van der Waals surface area contributed by atoms with Crippen LogP contribution in [-0.2, 0) is 6.18 Å². The van der Waals surface area contributed by atoms with Crippen molar-refractivity contribution in [3.63, 3.8) is 0 Å². The maximum Gasteiger partial charge on any atom is 0.416 e. The van der Waals surface area contributed by atoms with E-state index in [-0.39, 0.29) is 0 Å². The highest BCUT2D eigenvalue weighted by atomic mass is 32.1. The van der Waals surface area contributed by atoms with E-state index in [1.54, 1.807) is 13.2 Å². The van der Waals surface area contributed by atoms with E-state index in [2.05, 4.69) is 15.3 Å². The van der Waals surface area contributed by atoms with Crippen LogP contribution in [0.3, 0.4) is 0 Å². The highest BCUT2D eigenvalue weighted by Gasteiger charge is 2.30.